The molecule has 0 bridgehead atoms. The quantitative estimate of drug-likeness (QED) is 0.677. The highest BCUT2D eigenvalue weighted by Gasteiger charge is 2.09. The molecule has 0 aromatic heterocycles. The second-order valence-corrected chi connectivity index (χ2v) is 2.94. The highest BCUT2D eigenvalue weighted by molar-refractivity contribution is 5.70. The van der Waals surface area contributed by atoms with Gasteiger partial charge < -0.3 is 4.74 Å². The van der Waals surface area contributed by atoms with Crippen LogP contribution in [-0.4, -0.2) is 6.61 Å². The molecule has 0 amide bonds. The predicted molar refractivity (Wildman–Crippen MR) is 54.8 cm³/mol. The van der Waals surface area contributed by atoms with E-state index < -0.39 is 0 Å². The molecule has 0 N–H and O–H groups in total. The number of rotatable bonds is 3. The zero-order chi connectivity index (χ0) is 9.97. The van der Waals surface area contributed by atoms with E-state index >= 15 is 0 Å². The van der Waals surface area contributed by atoms with Crippen molar-refractivity contribution in [1.29, 1.82) is 0 Å². The van der Waals surface area contributed by atoms with Gasteiger partial charge in [0.05, 0.1) is 0 Å². The zero-order valence-corrected chi connectivity index (χ0v) is 7.49. The van der Waals surface area contributed by atoms with Gasteiger partial charge in [0.1, 0.15) is 12.4 Å². The molecule has 0 unspecified atom stereocenters. The SMILES string of the molecule is C#CCOc1ccc(-c2cc2=O)cc1. The van der Waals surface area contributed by atoms with Crippen molar-refractivity contribution in [3.05, 3.63) is 40.6 Å². The molecular formula is C12H8O2. The zero-order valence-electron chi connectivity index (χ0n) is 7.49. The van der Waals surface area contributed by atoms with E-state index in [9.17, 15) is 4.79 Å². The maximum Gasteiger partial charge on any atom is 0.187 e. The van der Waals surface area contributed by atoms with Gasteiger partial charge in [0.15, 0.2) is 5.43 Å². The third kappa shape index (κ3) is 1.67. The van der Waals surface area contributed by atoms with Gasteiger partial charge in [-0.2, -0.15) is 0 Å². The van der Waals surface area contributed by atoms with Crippen LogP contribution in [0, 0.1) is 12.3 Å². The third-order valence-corrected chi connectivity index (χ3v) is 1.95. The molecule has 0 aliphatic carbocycles. The van der Waals surface area contributed by atoms with Crippen molar-refractivity contribution in [1.82, 2.24) is 0 Å². The van der Waals surface area contributed by atoms with Gasteiger partial charge in [0, 0.05) is 5.56 Å². The Morgan fingerprint density at radius 1 is 1.29 bits per heavy atom. The predicted octanol–water partition coefficient (Wildman–Crippen LogP) is 1.60. The molecule has 0 aliphatic rings. The lowest BCUT2D eigenvalue weighted by molar-refractivity contribution is 0.370. The number of hydrogen-bond donors (Lipinski definition) is 0. The van der Waals surface area contributed by atoms with Crippen molar-refractivity contribution in [2.24, 2.45) is 0 Å². The fraction of sp³-hybridized carbons (Fsp3) is 0.0833. The van der Waals surface area contributed by atoms with Crippen molar-refractivity contribution < 1.29 is 4.74 Å². The maximum absolute atomic E-state index is 10.8. The molecule has 2 rings (SSSR count). The molecule has 0 spiro atoms. The molecular weight excluding hydrogens is 176 g/mol. The van der Waals surface area contributed by atoms with Crippen LogP contribution in [-0.2, 0) is 0 Å². The molecule has 14 heavy (non-hydrogen) atoms. The monoisotopic (exact) mass is 184 g/mol. The van der Waals surface area contributed by atoms with Crippen LogP contribution >= 0.6 is 0 Å². The highest BCUT2D eigenvalue weighted by atomic mass is 16.5. The van der Waals surface area contributed by atoms with E-state index in [1.165, 1.54) is 0 Å². The van der Waals surface area contributed by atoms with E-state index in [0.717, 1.165) is 16.9 Å². The summed E-state index contributed by atoms with van der Waals surface area (Å²) in [4.78, 5) is 10.8. The summed E-state index contributed by atoms with van der Waals surface area (Å²) in [6.45, 7) is 0.265. The average molecular weight is 184 g/mol. The van der Waals surface area contributed by atoms with Crippen molar-refractivity contribution in [2.45, 2.75) is 0 Å². The molecule has 2 aromatic rings. The van der Waals surface area contributed by atoms with Gasteiger partial charge in [-0.3, -0.25) is 4.79 Å². The van der Waals surface area contributed by atoms with E-state index in [1.807, 2.05) is 12.1 Å². The molecule has 0 saturated heterocycles. The van der Waals surface area contributed by atoms with Crippen LogP contribution in [0.15, 0.2) is 35.1 Å². The first-order chi connectivity index (χ1) is 6.81. The summed E-state index contributed by atoms with van der Waals surface area (Å²) in [6.07, 6.45) is 5.05. The summed E-state index contributed by atoms with van der Waals surface area (Å²) in [5, 5.41) is 0. The van der Waals surface area contributed by atoms with Gasteiger partial charge in [-0.1, -0.05) is 18.1 Å². The molecule has 0 heterocycles. The minimum absolute atomic E-state index is 0.113. The molecule has 2 nitrogen and oxygen atoms in total. The third-order valence-electron chi connectivity index (χ3n) is 1.95. The molecule has 0 fully saturated rings. The second-order valence-electron chi connectivity index (χ2n) is 2.94. The van der Waals surface area contributed by atoms with Crippen molar-refractivity contribution in [2.75, 3.05) is 6.61 Å². The molecule has 0 saturated carbocycles. The van der Waals surface area contributed by atoms with E-state index in [0.29, 0.717) is 0 Å². The van der Waals surface area contributed by atoms with E-state index in [4.69, 9.17) is 11.2 Å². The van der Waals surface area contributed by atoms with Crippen LogP contribution < -0.4 is 10.2 Å². The van der Waals surface area contributed by atoms with Gasteiger partial charge in [-0.05, 0) is 23.8 Å². The first-order valence-corrected chi connectivity index (χ1v) is 4.24. The smallest absolute Gasteiger partial charge is 0.187 e. The normalized spacial score (nSPS) is 9.93. The Bertz CT molecular complexity index is 479. The van der Waals surface area contributed by atoms with E-state index in [2.05, 4.69) is 5.92 Å². The fourth-order valence-electron chi connectivity index (χ4n) is 1.18. The average Bonchev–Trinajstić information content (AvgIpc) is 2.93. The van der Waals surface area contributed by atoms with Gasteiger partial charge in [-0.25, -0.2) is 0 Å². The Hall–Kier alpha value is -2.01. The van der Waals surface area contributed by atoms with Gasteiger partial charge in [0.2, 0.25) is 0 Å². The molecule has 2 heteroatoms. The van der Waals surface area contributed by atoms with Crippen LogP contribution in [0.4, 0.5) is 0 Å². The summed E-state index contributed by atoms with van der Waals surface area (Å²) in [5.41, 5.74) is 1.83. The number of terminal acetylenes is 1. The molecule has 2 aromatic carbocycles. The summed E-state index contributed by atoms with van der Waals surface area (Å²) in [6, 6.07) is 8.92. The number of ether oxygens (including phenoxy) is 1. The summed E-state index contributed by atoms with van der Waals surface area (Å²) in [7, 11) is 0. The Morgan fingerprint density at radius 2 is 1.93 bits per heavy atom. The number of benzene rings is 1. The number of hydrogen-bond acceptors (Lipinski definition) is 2. The first-order valence-electron chi connectivity index (χ1n) is 4.24. The van der Waals surface area contributed by atoms with Crippen LogP contribution in [0.2, 0.25) is 0 Å². The molecule has 0 aliphatic heterocycles. The fourth-order valence-corrected chi connectivity index (χ4v) is 1.18. The second kappa shape index (κ2) is 3.39. The molecule has 0 radical (unpaired) electrons. The van der Waals surface area contributed by atoms with Crippen LogP contribution in [0.25, 0.3) is 11.1 Å². The first kappa shape index (κ1) is 8.58. The minimum atomic E-state index is 0.113. The van der Waals surface area contributed by atoms with Crippen LogP contribution in [0.1, 0.15) is 0 Å². The standard InChI is InChI=1S/C12H8O2/c1-2-7-14-10-5-3-9(4-6-10)11-8-12(11)13/h1,3-6,8H,7H2. The van der Waals surface area contributed by atoms with Crippen molar-refractivity contribution in [3.63, 3.8) is 0 Å². The van der Waals surface area contributed by atoms with Crippen molar-refractivity contribution >= 4 is 0 Å². The lowest BCUT2D eigenvalue weighted by Gasteiger charge is -2.01. The maximum atomic E-state index is 10.8. The Labute approximate surface area is 81.8 Å². The Kier molecular flexibility index (Phi) is 2.08. The van der Waals surface area contributed by atoms with Gasteiger partial charge >= 0.3 is 0 Å². The Balaban J connectivity index is 2.12. The van der Waals surface area contributed by atoms with E-state index in [-0.39, 0.29) is 12.0 Å². The topological polar surface area (TPSA) is 26.3 Å². The van der Waals surface area contributed by atoms with Crippen LogP contribution in [0.3, 0.4) is 0 Å². The highest BCUT2D eigenvalue weighted by Crippen LogP contribution is 2.21. The van der Waals surface area contributed by atoms with Gasteiger partial charge in [-0.15, -0.1) is 6.42 Å². The largest absolute Gasteiger partial charge is 0.481 e. The van der Waals surface area contributed by atoms with Crippen molar-refractivity contribution in [3.8, 4) is 29.2 Å². The van der Waals surface area contributed by atoms with Crippen LogP contribution in [0.5, 0.6) is 5.75 Å². The van der Waals surface area contributed by atoms with Gasteiger partial charge in [0.25, 0.3) is 0 Å². The lowest BCUT2D eigenvalue weighted by atomic mass is 10.2. The Morgan fingerprint density at radius 3 is 2.43 bits per heavy atom. The summed E-state index contributed by atoms with van der Waals surface area (Å²) < 4.78 is 5.20. The summed E-state index contributed by atoms with van der Waals surface area (Å²) >= 11 is 0. The van der Waals surface area contributed by atoms with E-state index in [1.54, 1.807) is 18.2 Å². The molecule has 0 atom stereocenters. The molecule has 68 valence electrons. The summed E-state index contributed by atoms with van der Waals surface area (Å²) in [5.74, 6) is 3.11. The minimum Gasteiger partial charge on any atom is -0.481 e. The lowest BCUT2D eigenvalue weighted by Crippen LogP contribution is -1.92.